The number of ether oxygens (including phenoxy) is 1. The van der Waals surface area contributed by atoms with E-state index in [0.29, 0.717) is 5.75 Å². The van der Waals surface area contributed by atoms with Crippen LogP contribution in [0.15, 0.2) is 17.0 Å². The molecule has 0 saturated carbocycles. The van der Waals surface area contributed by atoms with E-state index < -0.39 is 11.7 Å². The Balaban J connectivity index is 2.46. The van der Waals surface area contributed by atoms with Crippen molar-refractivity contribution in [2.45, 2.75) is 29.8 Å². The summed E-state index contributed by atoms with van der Waals surface area (Å²) < 4.78 is 44.3. The maximum Gasteiger partial charge on any atom is 0.417 e. The number of hydrogen-bond acceptors (Lipinski definition) is 3. The van der Waals surface area contributed by atoms with Crippen LogP contribution in [-0.2, 0) is 6.18 Å². The van der Waals surface area contributed by atoms with Crippen molar-refractivity contribution in [3.05, 3.63) is 23.3 Å². The average Bonchev–Trinajstić information content (AvgIpc) is 2.45. The van der Waals surface area contributed by atoms with Gasteiger partial charge in [-0.3, -0.25) is 0 Å². The van der Waals surface area contributed by atoms with E-state index in [1.165, 1.54) is 7.11 Å². The smallest absolute Gasteiger partial charge is 0.417 e. The zero-order valence-corrected chi connectivity index (χ0v) is 12.3. The van der Waals surface area contributed by atoms with Gasteiger partial charge in [-0.05, 0) is 43.3 Å². The minimum Gasteiger partial charge on any atom is -0.496 e. The van der Waals surface area contributed by atoms with E-state index in [1.807, 2.05) is 0 Å². The monoisotopic (exact) mass is 305 g/mol. The van der Waals surface area contributed by atoms with Gasteiger partial charge in [0.1, 0.15) is 5.75 Å². The summed E-state index contributed by atoms with van der Waals surface area (Å²) in [5, 5.41) is 3.28. The van der Waals surface area contributed by atoms with Crippen LogP contribution in [0.25, 0.3) is 0 Å². The standard InChI is InChI=1S/C14H18F3NOS/c1-19-12-7-11(14(15,16)17)13(20-2)6-10(12)9-4-3-5-18-8-9/h6-7,9,18H,3-5,8H2,1-2H3/t9-/m0/s1. The summed E-state index contributed by atoms with van der Waals surface area (Å²) in [5.74, 6) is 0.552. The van der Waals surface area contributed by atoms with Gasteiger partial charge in [0.15, 0.2) is 0 Å². The summed E-state index contributed by atoms with van der Waals surface area (Å²) in [4.78, 5) is 0.263. The maximum absolute atomic E-state index is 13.0. The van der Waals surface area contributed by atoms with Crippen LogP contribution >= 0.6 is 11.8 Å². The van der Waals surface area contributed by atoms with Crippen LogP contribution in [-0.4, -0.2) is 26.5 Å². The van der Waals surface area contributed by atoms with Crippen LogP contribution in [0.3, 0.4) is 0 Å². The lowest BCUT2D eigenvalue weighted by molar-refractivity contribution is -0.139. The molecule has 20 heavy (non-hydrogen) atoms. The number of methoxy groups -OCH3 is 1. The lowest BCUT2D eigenvalue weighted by atomic mass is 9.90. The molecule has 0 amide bonds. The topological polar surface area (TPSA) is 21.3 Å². The fourth-order valence-electron chi connectivity index (χ4n) is 2.58. The van der Waals surface area contributed by atoms with Crippen molar-refractivity contribution in [1.29, 1.82) is 0 Å². The van der Waals surface area contributed by atoms with Crippen LogP contribution in [0, 0.1) is 0 Å². The van der Waals surface area contributed by atoms with Gasteiger partial charge in [0.05, 0.1) is 12.7 Å². The molecule has 0 spiro atoms. The Morgan fingerprint density at radius 1 is 1.35 bits per heavy atom. The Hall–Kier alpha value is -0.880. The molecule has 1 N–H and O–H groups in total. The molecule has 0 aliphatic carbocycles. The molecule has 1 heterocycles. The molecule has 1 aliphatic rings. The van der Waals surface area contributed by atoms with Gasteiger partial charge in [0, 0.05) is 17.4 Å². The molecule has 6 heteroatoms. The van der Waals surface area contributed by atoms with Gasteiger partial charge in [-0.25, -0.2) is 0 Å². The molecular formula is C14H18F3NOS. The fourth-order valence-corrected chi connectivity index (χ4v) is 3.22. The lowest BCUT2D eigenvalue weighted by Crippen LogP contribution is -2.28. The maximum atomic E-state index is 13.0. The van der Waals surface area contributed by atoms with Crippen LogP contribution < -0.4 is 10.1 Å². The molecule has 1 atom stereocenters. The first kappa shape index (κ1) is 15.5. The largest absolute Gasteiger partial charge is 0.496 e. The first-order valence-corrected chi connectivity index (χ1v) is 7.73. The first-order chi connectivity index (χ1) is 9.47. The number of benzene rings is 1. The van der Waals surface area contributed by atoms with Crippen molar-refractivity contribution in [2.24, 2.45) is 0 Å². The second-order valence-electron chi connectivity index (χ2n) is 4.84. The number of piperidine rings is 1. The zero-order chi connectivity index (χ0) is 14.8. The number of nitrogens with one attached hydrogen (secondary N) is 1. The highest BCUT2D eigenvalue weighted by atomic mass is 32.2. The van der Waals surface area contributed by atoms with Crippen molar-refractivity contribution in [1.82, 2.24) is 5.32 Å². The third-order valence-electron chi connectivity index (χ3n) is 3.59. The SMILES string of the molecule is COc1cc(C(F)(F)F)c(SC)cc1[C@H]1CCCNC1. The van der Waals surface area contributed by atoms with Gasteiger partial charge >= 0.3 is 6.18 Å². The molecule has 1 saturated heterocycles. The number of alkyl halides is 3. The zero-order valence-electron chi connectivity index (χ0n) is 11.5. The lowest BCUT2D eigenvalue weighted by Gasteiger charge is -2.26. The highest BCUT2D eigenvalue weighted by Crippen LogP contribution is 2.42. The van der Waals surface area contributed by atoms with Crippen LogP contribution in [0.5, 0.6) is 5.75 Å². The minimum absolute atomic E-state index is 0.215. The summed E-state index contributed by atoms with van der Waals surface area (Å²) >= 11 is 1.12. The molecule has 0 radical (unpaired) electrons. The third kappa shape index (κ3) is 3.23. The predicted molar refractivity (Wildman–Crippen MR) is 74.6 cm³/mol. The van der Waals surface area contributed by atoms with E-state index in [0.717, 1.165) is 49.3 Å². The van der Waals surface area contributed by atoms with Crippen LogP contribution in [0.1, 0.15) is 29.9 Å². The summed E-state index contributed by atoms with van der Waals surface area (Å²) in [6, 6.07) is 2.78. The highest BCUT2D eigenvalue weighted by Gasteiger charge is 2.35. The second-order valence-corrected chi connectivity index (χ2v) is 5.68. The molecule has 1 aliphatic heterocycles. The Labute approximate surface area is 121 Å². The van der Waals surface area contributed by atoms with Gasteiger partial charge in [0.2, 0.25) is 0 Å². The molecule has 0 aromatic heterocycles. The van der Waals surface area contributed by atoms with Crippen molar-refractivity contribution < 1.29 is 17.9 Å². The number of rotatable bonds is 3. The van der Waals surface area contributed by atoms with E-state index in [2.05, 4.69) is 5.32 Å². The molecule has 0 bridgehead atoms. The summed E-state index contributed by atoms with van der Waals surface area (Å²) in [5.41, 5.74) is 0.256. The molecular weight excluding hydrogens is 287 g/mol. The highest BCUT2D eigenvalue weighted by molar-refractivity contribution is 7.98. The fraction of sp³-hybridized carbons (Fsp3) is 0.571. The minimum atomic E-state index is -4.35. The molecule has 112 valence electrons. The number of hydrogen-bond donors (Lipinski definition) is 1. The van der Waals surface area contributed by atoms with Gasteiger partial charge < -0.3 is 10.1 Å². The van der Waals surface area contributed by atoms with E-state index in [1.54, 1.807) is 12.3 Å². The Morgan fingerprint density at radius 2 is 2.10 bits per heavy atom. The normalized spacial score (nSPS) is 19.9. The van der Waals surface area contributed by atoms with Crippen molar-refractivity contribution >= 4 is 11.8 Å². The average molecular weight is 305 g/mol. The van der Waals surface area contributed by atoms with Crippen molar-refractivity contribution in [3.8, 4) is 5.75 Å². The molecule has 1 aromatic rings. The third-order valence-corrected chi connectivity index (χ3v) is 4.37. The van der Waals surface area contributed by atoms with Crippen molar-refractivity contribution in [2.75, 3.05) is 26.5 Å². The Morgan fingerprint density at radius 3 is 2.60 bits per heavy atom. The summed E-state index contributed by atoms with van der Waals surface area (Å²) in [6.07, 6.45) is -0.680. The predicted octanol–water partition coefficient (Wildman–Crippen LogP) is 3.90. The molecule has 2 nitrogen and oxygen atoms in total. The Bertz CT molecular complexity index is 470. The molecule has 1 fully saturated rings. The van der Waals surface area contributed by atoms with Gasteiger partial charge in [-0.15, -0.1) is 11.8 Å². The van der Waals surface area contributed by atoms with E-state index >= 15 is 0 Å². The molecule has 2 rings (SSSR count). The van der Waals surface area contributed by atoms with Gasteiger partial charge in [0.25, 0.3) is 0 Å². The molecule has 0 unspecified atom stereocenters. The van der Waals surface area contributed by atoms with Gasteiger partial charge in [-0.2, -0.15) is 13.2 Å². The summed E-state index contributed by atoms with van der Waals surface area (Å²) in [7, 11) is 1.42. The number of thioether (sulfide) groups is 1. The quantitative estimate of drug-likeness (QED) is 0.856. The second kappa shape index (κ2) is 6.26. The van der Waals surface area contributed by atoms with Crippen LogP contribution in [0.4, 0.5) is 13.2 Å². The van der Waals surface area contributed by atoms with E-state index in [4.69, 9.17) is 4.74 Å². The first-order valence-electron chi connectivity index (χ1n) is 6.51. The van der Waals surface area contributed by atoms with E-state index in [9.17, 15) is 13.2 Å². The summed E-state index contributed by atoms with van der Waals surface area (Å²) in [6.45, 7) is 1.75. The Kier molecular flexibility index (Phi) is 4.86. The van der Waals surface area contributed by atoms with Gasteiger partial charge in [-0.1, -0.05) is 0 Å². The molecule has 1 aromatic carbocycles. The number of halogens is 3. The van der Waals surface area contributed by atoms with E-state index in [-0.39, 0.29) is 10.8 Å². The van der Waals surface area contributed by atoms with Crippen molar-refractivity contribution in [3.63, 3.8) is 0 Å². The van der Waals surface area contributed by atoms with Crippen LogP contribution in [0.2, 0.25) is 0 Å².